The lowest BCUT2D eigenvalue weighted by Gasteiger charge is -2.24. The molecule has 1 saturated carbocycles. The van der Waals surface area contributed by atoms with Crippen molar-refractivity contribution in [3.8, 4) is 0 Å². The molecule has 102 valence electrons. The number of urea groups is 1. The van der Waals surface area contributed by atoms with Crippen molar-refractivity contribution in [1.82, 2.24) is 10.2 Å². The molecule has 4 atom stereocenters. The minimum atomic E-state index is -1.05. The second-order valence-electron chi connectivity index (χ2n) is 5.46. The molecule has 0 bridgehead atoms. The van der Waals surface area contributed by atoms with E-state index in [9.17, 15) is 14.7 Å². The average Bonchev–Trinajstić information content (AvgIpc) is 2.85. The van der Waals surface area contributed by atoms with E-state index in [1.54, 1.807) is 0 Å². The van der Waals surface area contributed by atoms with Gasteiger partial charge < -0.3 is 20.4 Å². The van der Waals surface area contributed by atoms with Gasteiger partial charge in [0, 0.05) is 19.0 Å². The van der Waals surface area contributed by atoms with Crippen molar-refractivity contribution >= 4 is 12.0 Å². The zero-order chi connectivity index (χ0) is 13.3. The van der Waals surface area contributed by atoms with Crippen LogP contribution in [0.1, 0.15) is 32.6 Å². The zero-order valence-corrected chi connectivity index (χ0v) is 10.5. The van der Waals surface area contributed by atoms with E-state index < -0.39 is 18.1 Å². The van der Waals surface area contributed by atoms with Crippen LogP contribution in [-0.4, -0.2) is 51.8 Å². The summed E-state index contributed by atoms with van der Waals surface area (Å²) in [5.41, 5.74) is 0. The molecule has 6 nitrogen and oxygen atoms in total. The number of rotatable bonds is 2. The van der Waals surface area contributed by atoms with Gasteiger partial charge >= 0.3 is 12.0 Å². The Balaban J connectivity index is 1.93. The summed E-state index contributed by atoms with van der Waals surface area (Å²) < 4.78 is 0. The number of amides is 2. The molecule has 2 aliphatic rings. The van der Waals surface area contributed by atoms with Gasteiger partial charge in [-0.3, -0.25) is 0 Å². The van der Waals surface area contributed by atoms with Crippen LogP contribution < -0.4 is 5.32 Å². The lowest BCUT2D eigenvalue weighted by atomic mass is 10.1. The number of carbonyl (C=O) groups is 2. The number of carbonyl (C=O) groups excluding carboxylic acids is 1. The number of aliphatic hydroxyl groups is 1. The lowest BCUT2D eigenvalue weighted by Crippen LogP contribution is -2.48. The molecule has 1 aliphatic carbocycles. The van der Waals surface area contributed by atoms with E-state index >= 15 is 0 Å². The zero-order valence-electron chi connectivity index (χ0n) is 10.5. The van der Waals surface area contributed by atoms with Gasteiger partial charge in [0.15, 0.2) is 0 Å². The quantitative estimate of drug-likeness (QED) is 0.667. The summed E-state index contributed by atoms with van der Waals surface area (Å²) in [7, 11) is 0. The maximum atomic E-state index is 12.0. The number of carboxylic acid groups (broad SMARTS) is 1. The normalized spacial score (nSPS) is 35.8. The number of hydrogen-bond donors (Lipinski definition) is 3. The van der Waals surface area contributed by atoms with Crippen LogP contribution in [0.5, 0.6) is 0 Å². The molecule has 1 aliphatic heterocycles. The molecule has 0 radical (unpaired) electrons. The summed E-state index contributed by atoms with van der Waals surface area (Å²) in [6.45, 7) is 2.25. The van der Waals surface area contributed by atoms with Crippen LogP contribution in [0, 0.1) is 5.92 Å². The summed E-state index contributed by atoms with van der Waals surface area (Å²) in [5.74, 6) is -0.448. The van der Waals surface area contributed by atoms with Crippen molar-refractivity contribution in [3.05, 3.63) is 0 Å². The average molecular weight is 256 g/mol. The fourth-order valence-corrected chi connectivity index (χ4v) is 2.87. The van der Waals surface area contributed by atoms with E-state index in [0.29, 0.717) is 5.92 Å². The molecular weight excluding hydrogens is 236 g/mol. The van der Waals surface area contributed by atoms with Gasteiger partial charge in [-0.2, -0.15) is 0 Å². The topological polar surface area (TPSA) is 89.9 Å². The molecule has 2 fully saturated rings. The number of aliphatic carboxylic acids is 1. The van der Waals surface area contributed by atoms with E-state index in [2.05, 4.69) is 12.2 Å². The minimum Gasteiger partial charge on any atom is -0.480 e. The number of carboxylic acids is 1. The molecule has 1 heterocycles. The van der Waals surface area contributed by atoms with E-state index in [1.807, 2.05) is 0 Å². The molecule has 0 aromatic heterocycles. The van der Waals surface area contributed by atoms with Crippen LogP contribution >= 0.6 is 0 Å². The molecule has 18 heavy (non-hydrogen) atoms. The number of β-amino-alcohol motifs (C(OH)–C–C–N with tert-alkyl or cyclic N) is 1. The minimum absolute atomic E-state index is 0.102. The van der Waals surface area contributed by atoms with E-state index in [4.69, 9.17) is 5.11 Å². The summed E-state index contributed by atoms with van der Waals surface area (Å²) in [4.78, 5) is 24.3. The second-order valence-corrected chi connectivity index (χ2v) is 5.46. The van der Waals surface area contributed by atoms with Gasteiger partial charge in [0.05, 0.1) is 6.10 Å². The predicted molar refractivity (Wildman–Crippen MR) is 64.1 cm³/mol. The van der Waals surface area contributed by atoms with Crippen molar-refractivity contribution in [2.24, 2.45) is 5.92 Å². The third-order valence-corrected chi connectivity index (χ3v) is 3.85. The summed E-state index contributed by atoms with van der Waals surface area (Å²) in [6, 6.07) is -1.13. The summed E-state index contributed by atoms with van der Waals surface area (Å²) >= 11 is 0. The van der Waals surface area contributed by atoms with Gasteiger partial charge in [-0.25, -0.2) is 9.59 Å². The SMILES string of the molecule is CC1CCC(NC(=O)N2C[C@@H](O)C[C@H]2C(=O)O)C1. The predicted octanol–water partition coefficient (Wildman–Crippen LogP) is 0.404. The Labute approximate surface area is 106 Å². The lowest BCUT2D eigenvalue weighted by molar-refractivity contribution is -0.141. The Morgan fingerprint density at radius 2 is 2.00 bits per heavy atom. The number of aliphatic hydroxyl groups excluding tert-OH is 1. The molecule has 2 amide bonds. The van der Waals surface area contributed by atoms with Crippen LogP contribution in [-0.2, 0) is 4.79 Å². The number of nitrogens with zero attached hydrogens (tertiary/aromatic N) is 1. The van der Waals surface area contributed by atoms with Crippen LogP contribution in [0.15, 0.2) is 0 Å². The number of hydrogen-bond acceptors (Lipinski definition) is 3. The van der Waals surface area contributed by atoms with Gasteiger partial charge in [-0.05, 0) is 25.2 Å². The number of likely N-dealkylation sites (tertiary alicyclic amines) is 1. The third-order valence-electron chi connectivity index (χ3n) is 3.85. The highest BCUT2D eigenvalue weighted by molar-refractivity contribution is 5.83. The fraction of sp³-hybridized carbons (Fsp3) is 0.833. The summed E-state index contributed by atoms with van der Waals surface area (Å²) in [5, 5.41) is 21.4. The van der Waals surface area contributed by atoms with Crippen molar-refractivity contribution in [3.63, 3.8) is 0 Å². The van der Waals surface area contributed by atoms with Crippen LogP contribution in [0.3, 0.4) is 0 Å². The highest BCUT2D eigenvalue weighted by Crippen LogP contribution is 2.25. The molecule has 2 unspecified atom stereocenters. The van der Waals surface area contributed by atoms with Gasteiger partial charge in [-0.15, -0.1) is 0 Å². The van der Waals surface area contributed by atoms with Crippen molar-refractivity contribution in [2.75, 3.05) is 6.54 Å². The van der Waals surface area contributed by atoms with Crippen molar-refractivity contribution in [1.29, 1.82) is 0 Å². The van der Waals surface area contributed by atoms with Crippen molar-refractivity contribution in [2.45, 2.75) is 50.8 Å². The van der Waals surface area contributed by atoms with Gasteiger partial charge in [0.25, 0.3) is 0 Å². The van der Waals surface area contributed by atoms with Gasteiger partial charge in [0.2, 0.25) is 0 Å². The van der Waals surface area contributed by atoms with Crippen LogP contribution in [0.4, 0.5) is 4.79 Å². The van der Waals surface area contributed by atoms with Crippen LogP contribution in [0.2, 0.25) is 0 Å². The first-order chi connectivity index (χ1) is 8.47. The maximum Gasteiger partial charge on any atom is 0.326 e. The van der Waals surface area contributed by atoms with Gasteiger partial charge in [0.1, 0.15) is 6.04 Å². The second kappa shape index (κ2) is 5.14. The first-order valence-electron chi connectivity index (χ1n) is 6.45. The first kappa shape index (κ1) is 13.1. The number of nitrogens with one attached hydrogen (secondary N) is 1. The fourth-order valence-electron chi connectivity index (χ4n) is 2.87. The van der Waals surface area contributed by atoms with E-state index in [1.165, 1.54) is 4.90 Å². The molecule has 0 spiro atoms. The maximum absolute atomic E-state index is 12.0. The van der Waals surface area contributed by atoms with Crippen molar-refractivity contribution < 1.29 is 19.8 Å². The Bertz CT molecular complexity index is 347. The summed E-state index contributed by atoms with van der Waals surface area (Å²) in [6.07, 6.45) is 2.36. The molecule has 3 N–H and O–H groups in total. The van der Waals surface area contributed by atoms with E-state index in [-0.39, 0.29) is 25.0 Å². The van der Waals surface area contributed by atoms with E-state index in [0.717, 1.165) is 19.3 Å². The molecular formula is C12H20N2O4. The Morgan fingerprint density at radius 1 is 1.28 bits per heavy atom. The molecule has 2 rings (SSSR count). The molecule has 6 heteroatoms. The Kier molecular flexibility index (Phi) is 3.75. The highest BCUT2D eigenvalue weighted by Gasteiger charge is 2.39. The standard InChI is InChI=1S/C12H20N2O4/c1-7-2-3-8(4-7)13-12(18)14-6-9(15)5-10(14)11(16)17/h7-10,15H,2-6H2,1H3,(H,13,18)(H,16,17)/t7?,8?,9-,10-/m0/s1. The molecule has 0 aromatic carbocycles. The molecule has 0 aromatic rings. The third kappa shape index (κ3) is 2.75. The monoisotopic (exact) mass is 256 g/mol. The Morgan fingerprint density at radius 3 is 2.56 bits per heavy atom. The smallest absolute Gasteiger partial charge is 0.326 e. The first-order valence-corrected chi connectivity index (χ1v) is 6.45. The van der Waals surface area contributed by atoms with Gasteiger partial charge in [-0.1, -0.05) is 6.92 Å². The molecule has 1 saturated heterocycles. The largest absolute Gasteiger partial charge is 0.480 e. The van der Waals surface area contributed by atoms with Crippen LogP contribution in [0.25, 0.3) is 0 Å². The Hall–Kier alpha value is -1.30. The highest BCUT2D eigenvalue weighted by atomic mass is 16.4.